The Labute approximate surface area is 294 Å². The molecule has 2 saturated heterocycles. The van der Waals surface area contributed by atoms with Crippen LogP contribution < -0.4 is 19.5 Å². The van der Waals surface area contributed by atoms with Gasteiger partial charge in [-0.2, -0.15) is 0 Å². The second-order valence-corrected chi connectivity index (χ2v) is 13.4. The van der Waals surface area contributed by atoms with E-state index in [1.165, 1.54) is 5.56 Å². The maximum Gasteiger partial charge on any atom is 0.254 e. The van der Waals surface area contributed by atoms with Gasteiger partial charge in [-0.3, -0.25) is 4.79 Å². The molecule has 0 spiro atoms. The van der Waals surface area contributed by atoms with Crippen molar-refractivity contribution >= 4 is 34.5 Å². The highest BCUT2D eigenvalue weighted by molar-refractivity contribution is 6.30. The zero-order valence-electron chi connectivity index (χ0n) is 29.0. The van der Waals surface area contributed by atoms with E-state index < -0.39 is 0 Å². The third kappa shape index (κ3) is 7.61. The lowest BCUT2D eigenvalue weighted by molar-refractivity contribution is 0.0779. The van der Waals surface area contributed by atoms with Crippen LogP contribution in [0.1, 0.15) is 48.5 Å². The van der Waals surface area contributed by atoms with Gasteiger partial charge in [-0.05, 0) is 81.1 Å². The van der Waals surface area contributed by atoms with Crippen LogP contribution in [0.3, 0.4) is 0 Å². The van der Waals surface area contributed by atoms with Crippen molar-refractivity contribution in [1.29, 1.82) is 0 Å². The molecule has 10 nitrogen and oxygen atoms in total. The topological polar surface area (TPSA) is 90.3 Å². The molecule has 2 aliphatic heterocycles. The fraction of sp³-hybridized carbons (Fsp3) is 0.474. The summed E-state index contributed by atoms with van der Waals surface area (Å²) < 4.78 is 24.5. The van der Waals surface area contributed by atoms with Gasteiger partial charge in [0.15, 0.2) is 11.5 Å². The van der Waals surface area contributed by atoms with Crippen LogP contribution >= 0.6 is 11.6 Å². The van der Waals surface area contributed by atoms with Crippen LogP contribution in [0.15, 0.2) is 60.7 Å². The Kier molecular flexibility index (Phi) is 11.2. The van der Waals surface area contributed by atoms with Gasteiger partial charge >= 0.3 is 0 Å². The molecule has 0 aliphatic carbocycles. The number of imidazole rings is 1. The predicted octanol–water partition coefficient (Wildman–Crippen LogP) is 6.50. The third-order valence-electron chi connectivity index (χ3n) is 10.2. The molecule has 0 saturated carbocycles. The average Bonchev–Trinajstić information content (AvgIpc) is 3.73. The number of halogens is 1. The molecule has 2 fully saturated rings. The molecule has 0 radical (unpaired) electrons. The SMILES string of the molecule is CCOCCn1c(NC2CCN(CCC3(c4ccc(Cl)cc4)CCN(C(=O)c4cc(OC)c(OC)c(OC)c4)C3)CC2)nc2ccccc21. The molecular weight excluding hydrogens is 642 g/mol. The van der Waals surface area contributed by atoms with E-state index in [0.717, 1.165) is 68.8 Å². The molecule has 1 unspecified atom stereocenters. The molecule has 1 amide bonds. The number of benzene rings is 3. The van der Waals surface area contributed by atoms with Crippen LogP contribution in [-0.4, -0.2) is 98.6 Å². The summed E-state index contributed by atoms with van der Waals surface area (Å²) in [4.78, 5) is 23.4. The number of ether oxygens (including phenoxy) is 4. The van der Waals surface area contributed by atoms with Crippen molar-refractivity contribution in [2.45, 2.75) is 50.6 Å². The number of amides is 1. The van der Waals surface area contributed by atoms with Crippen molar-refractivity contribution in [2.75, 3.05) is 72.6 Å². The van der Waals surface area contributed by atoms with Gasteiger partial charge in [0, 0.05) is 61.4 Å². The van der Waals surface area contributed by atoms with E-state index in [1.54, 1.807) is 33.5 Å². The molecule has 1 aromatic heterocycles. The zero-order valence-corrected chi connectivity index (χ0v) is 29.8. The normalized spacial score (nSPS) is 18.6. The van der Waals surface area contributed by atoms with Crippen LogP contribution in [0, 0.1) is 0 Å². The van der Waals surface area contributed by atoms with Crippen molar-refractivity contribution in [3.05, 3.63) is 76.8 Å². The molecule has 3 aromatic carbocycles. The number of nitrogens with zero attached hydrogens (tertiary/aromatic N) is 4. The lowest BCUT2D eigenvalue weighted by Crippen LogP contribution is -2.42. The first-order chi connectivity index (χ1) is 23.9. The van der Waals surface area contributed by atoms with Gasteiger partial charge in [0.25, 0.3) is 5.91 Å². The highest BCUT2D eigenvalue weighted by atomic mass is 35.5. The Morgan fingerprint density at radius 1 is 0.959 bits per heavy atom. The minimum Gasteiger partial charge on any atom is -0.493 e. The van der Waals surface area contributed by atoms with E-state index in [4.69, 9.17) is 35.5 Å². The first-order valence-corrected chi connectivity index (χ1v) is 17.6. The summed E-state index contributed by atoms with van der Waals surface area (Å²) in [6.45, 7) is 8.39. The summed E-state index contributed by atoms with van der Waals surface area (Å²) in [7, 11) is 4.68. The second kappa shape index (κ2) is 15.7. The Morgan fingerprint density at radius 2 is 1.67 bits per heavy atom. The van der Waals surface area contributed by atoms with Crippen LogP contribution in [-0.2, 0) is 16.7 Å². The van der Waals surface area contributed by atoms with Crippen molar-refractivity contribution in [3.8, 4) is 17.2 Å². The Morgan fingerprint density at radius 3 is 2.35 bits per heavy atom. The number of anilines is 1. The highest BCUT2D eigenvalue weighted by Gasteiger charge is 2.42. The smallest absolute Gasteiger partial charge is 0.254 e. The van der Waals surface area contributed by atoms with Crippen molar-refractivity contribution in [1.82, 2.24) is 19.4 Å². The number of para-hydroxylation sites is 2. The molecule has 2 aliphatic rings. The number of fused-ring (bicyclic) bond motifs is 1. The first kappa shape index (κ1) is 34.9. The number of carbonyl (C=O) groups is 1. The summed E-state index contributed by atoms with van der Waals surface area (Å²) in [5.74, 6) is 2.28. The first-order valence-electron chi connectivity index (χ1n) is 17.2. The number of nitrogens with one attached hydrogen (secondary N) is 1. The van der Waals surface area contributed by atoms with E-state index in [1.807, 2.05) is 30.0 Å². The number of rotatable bonds is 14. The Hall–Kier alpha value is -3.99. The lowest BCUT2D eigenvalue weighted by atomic mass is 9.76. The molecule has 1 N–H and O–H groups in total. The molecule has 262 valence electrons. The maximum absolute atomic E-state index is 13.9. The Balaban J connectivity index is 1.12. The van der Waals surface area contributed by atoms with Gasteiger partial charge in [0.05, 0.1) is 39.0 Å². The summed E-state index contributed by atoms with van der Waals surface area (Å²) in [6, 6.07) is 20.3. The maximum atomic E-state index is 13.9. The van der Waals surface area contributed by atoms with Crippen molar-refractivity contribution in [3.63, 3.8) is 0 Å². The number of hydrogen-bond donors (Lipinski definition) is 1. The minimum absolute atomic E-state index is 0.0470. The lowest BCUT2D eigenvalue weighted by Gasteiger charge is -2.36. The molecule has 0 bridgehead atoms. The van der Waals surface area contributed by atoms with Crippen LogP contribution in [0.5, 0.6) is 17.2 Å². The second-order valence-electron chi connectivity index (χ2n) is 13.0. The number of likely N-dealkylation sites (tertiary alicyclic amines) is 2. The van der Waals surface area contributed by atoms with Gasteiger partial charge in [0.2, 0.25) is 11.7 Å². The zero-order chi connectivity index (χ0) is 34.4. The van der Waals surface area contributed by atoms with E-state index >= 15 is 0 Å². The number of piperidine rings is 1. The summed E-state index contributed by atoms with van der Waals surface area (Å²) in [5, 5.41) is 4.48. The molecule has 6 rings (SSSR count). The quantitative estimate of drug-likeness (QED) is 0.150. The molecule has 4 aromatic rings. The fourth-order valence-corrected chi connectivity index (χ4v) is 7.51. The molecule has 49 heavy (non-hydrogen) atoms. The van der Waals surface area contributed by atoms with Gasteiger partial charge in [0.1, 0.15) is 0 Å². The van der Waals surface area contributed by atoms with Crippen LogP contribution in [0.25, 0.3) is 11.0 Å². The van der Waals surface area contributed by atoms with Gasteiger partial charge in [-0.25, -0.2) is 4.98 Å². The number of hydrogen-bond acceptors (Lipinski definition) is 8. The number of aromatic nitrogens is 2. The van der Waals surface area contributed by atoms with E-state index in [9.17, 15) is 4.79 Å². The summed E-state index contributed by atoms with van der Waals surface area (Å²) >= 11 is 6.31. The third-order valence-corrected chi connectivity index (χ3v) is 10.4. The van der Waals surface area contributed by atoms with Gasteiger partial charge in [-0.1, -0.05) is 35.9 Å². The van der Waals surface area contributed by atoms with E-state index in [0.29, 0.717) is 60.2 Å². The minimum atomic E-state index is -0.179. The molecule has 1 atom stereocenters. The van der Waals surface area contributed by atoms with Crippen LogP contribution in [0.4, 0.5) is 5.95 Å². The predicted molar refractivity (Wildman–Crippen MR) is 194 cm³/mol. The van der Waals surface area contributed by atoms with Crippen molar-refractivity contribution in [2.24, 2.45) is 0 Å². The Bertz CT molecular complexity index is 1700. The summed E-state index contributed by atoms with van der Waals surface area (Å²) in [5.41, 5.74) is 3.69. The molecule has 3 heterocycles. The highest BCUT2D eigenvalue weighted by Crippen LogP contribution is 2.42. The van der Waals surface area contributed by atoms with Crippen LogP contribution in [0.2, 0.25) is 5.02 Å². The average molecular weight is 690 g/mol. The fourth-order valence-electron chi connectivity index (χ4n) is 7.39. The standard InChI is InChI=1S/C38H48ClN5O5/c1-5-49-23-22-44-32-9-7-6-8-31(32)41-37(44)40-30-14-18-42(19-15-30)20-16-38(28-10-12-29(39)13-11-28)17-21-43(26-38)36(45)27-24-33(46-2)35(48-4)34(25-27)47-3/h6-13,24-25,30H,5,14-23,26H2,1-4H3,(H,40,41). The van der Waals surface area contributed by atoms with Gasteiger partial charge in [-0.15, -0.1) is 0 Å². The monoisotopic (exact) mass is 689 g/mol. The summed E-state index contributed by atoms with van der Waals surface area (Å²) in [6.07, 6.45) is 3.89. The van der Waals surface area contributed by atoms with E-state index in [-0.39, 0.29) is 11.3 Å². The largest absolute Gasteiger partial charge is 0.493 e. The molecule has 11 heteroatoms. The number of methoxy groups -OCH3 is 3. The van der Waals surface area contributed by atoms with Crippen molar-refractivity contribution < 1.29 is 23.7 Å². The van der Waals surface area contributed by atoms with Gasteiger partial charge < -0.3 is 38.6 Å². The molecular formula is C38H48ClN5O5. The number of carbonyl (C=O) groups excluding carboxylic acids is 1. The van der Waals surface area contributed by atoms with E-state index in [2.05, 4.69) is 45.1 Å².